The van der Waals surface area contributed by atoms with Gasteiger partial charge in [-0.3, -0.25) is 9.59 Å². The van der Waals surface area contributed by atoms with Gasteiger partial charge in [-0.15, -0.1) is 11.8 Å². The number of amides is 2. The molecule has 3 atom stereocenters. The van der Waals surface area contributed by atoms with Gasteiger partial charge in [-0.1, -0.05) is 18.2 Å². The fourth-order valence-corrected chi connectivity index (χ4v) is 4.26. The van der Waals surface area contributed by atoms with Gasteiger partial charge in [0.05, 0.1) is 16.7 Å². The van der Waals surface area contributed by atoms with Crippen LogP contribution in [-0.4, -0.2) is 35.1 Å². The van der Waals surface area contributed by atoms with Crippen molar-refractivity contribution in [1.82, 2.24) is 4.90 Å². The third-order valence-corrected chi connectivity index (χ3v) is 5.87. The number of halogens is 3. The molecule has 0 aliphatic carbocycles. The smallest absolute Gasteiger partial charge is 0.369 e. The number of hydrogen-bond acceptors (Lipinski definition) is 3. The zero-order valence-corrected chi connectivity index (χ0v) is 15.6. The highest BCUT2D eigenvalue weighted by Gasteiger charge is 2.32. The fourth-order valence-electron chi connectivity index (χ4n) is 3.08. The second-order valence-electron chi connectivity index (χ2n) is 6.57. The van der Waals surface area contributed by atoms with Crippen LogP contribution >= 0.6 is 11.8 Å². The molecule has 3 unspecified atom stereocenters. The van der Waals surface area contributed by atoms with E-state index in [9.17, 15) is 22.8 Å². The average Bonchev–Trinajstić information content (AvgIpc) is 2.60. The van der Waals surface area contributed by atoms with E-state index in [1.54, 1.807) is 24.8 Å². The van der Waals surface area contributed by atoms with Crippen molar-refractivity contribution in [1.29, 1.82) is 0 Å². The molecule has 4 nitrogen and oxygen atoms in total. The largest absolute Gasteiger partial charge is 0.416 e. The molecule has 2 N–H and O–H groups in total. The summed E-state index contributed by atoms with van der Waals surface area (Å²) in [6, 6.07) is 5.17. The molecule has 1 fully saturated rings. The quantitative estimate of drug-likeness (QED) is 0.838. The van der Waals surface area contributed by atoms with Crippen molar-refractivity contribution < 1.29 is 22.8 Å². The number of benzene rings is 1. The van der Waals surface area contributed by atoms with Gasteiger partial charge >= 0.3 is 6.18 Å². The van der Waals surface area contributed by atoms with Crippen LogP contribution in [0.4, 0.5) is 13.2 Å². The van der Waals surface area contributed by atoms with Gasteiger partial charge in [-0.05, 0) is 38.3 Å². The van der Waals surface area contributed by atoms with E-state index in [-0.39, 0.29) is 17.1 Å². The third-order valence-electron chi connectivity index (χ3n) is 4.57. The highest BCUT2D eigenvalue weighted by molar-refractivity contribution is 8.00. The van der Waals surface area contributed by atoms with Gasteiger partial charge in [-0.2, -0.15) is 13.2 Å². The minimum absolute atomic E-state index is 0.111. The number of nitrogens with zero attached hydrogens (tertiary/aromatic N) is 1. The number of carbonyl (C=O) groups is 2. The lowest BCUT2D eigenvalue weighted by molar-refractivity contribution is -0.138. The standard InChI is InChI=1S/C18H23F3N2O2S/c1-11(13-5-3-7-15(9-13)18(19,20)21)26-12(2)17(25)23-8-4-6-14(10-23)16(22)24/h3,5,7,9,11-12,14H,4,6,8,10H2,1-2H3,(H2,22,24). The van der Waals surface area contributed by atoms with Crippen molar-refractivity contribution in [2.45, 2.75) is 43.4 Å². The number of thioether (sulfide) groups is 1. The Morgan fingerprint density at radius 3 is 2.62 bits per heavy atom. The molecule has 1 heterocycles. The first-order chi connectivity index (χ1) is 12.1. The molecule has 2 rings (SSSR count). The first-order valence-electron chi connectivity index (χ1n) is 8.50. The summed E-state index contributed by atoms with van der Waals surface area (Å²) in [7, 11) is 0. The van der Waals surface area contributed by atoms with E-state index in [2.05, 4.69) is 0 Å². The predicted octanol–water partition coefficient (Wildman–Crippen LogP) is 3.61. The fraction of sp³-hybridized carbons (Fsp3) is 0.556. The number of piperidine rings is 1. The molecule has 1 aliphatic heterocycles. The Morgan fingerprint density at radius 2 is 2.00 bits per heavy atom. The summed E-state index contributed by atoms with van der Waals surface area (Å²) in [5.41, 5.74) is 5.17. The summed E-state index contributed by atoms with van der Waals surface area (Å²) in [4.78, 5) is 25.6. The van der Waals surface area contributed by atoms with E-state index in [1.807, 2.05) is 0 Å². The number of primary amides is 1. The van der Waals surface area contributed by atoms with Crippen molar-refractivity contribution in [3.05, 3.63) is 35.4 Å². The van der Waals surface area contributed by atoms with Gasteiger partial charge in [0, 0.05) is 18.3 Å². The number of likely N-dealkylation sites (tertiary alicyclic amines) is 1. The molecule has 8 heteroatoms. The first kappa shape index (κ1) is 20.6. The highest BCUT2D eigenvalue weighted by atomic mass is 32.2. The number of nitrogens with two attached hydrogens (primary N) is 1. The monoisotopic (exact) mass is 388 g/mol. The van der Waals surface area contributed by atoms with Crippen LogP contribution < -0.4 is 5.73 Å². The molecule has 0 spiro atoms. The van der Waals surface area contributed by atoms with Crippen LogP contribution in [0.5, 0.6) is 0 Å². The van der Waals surface area contributed by atoms with E-state index in [4.69, 9.17) is 5.73 Å². The van der Waals surface area contributed by atoms with Gasteiger partial charge in [0.2, 0.25) is 11.8 Å². The maximum atomic E-state index is 12.9. The lowest BCUT2D eigenvalue weighted by atomic mass is 9.97. The molecule has 0 radical (unpaired) electrons. The van der Waals surface area contributed by atoms with Gasteiger partial charge in [-0.25, -0.2) is 0 Å². The Hall–Kier alpha value is -1.70. The van der Waals surface area contributed by atoms with Gasteiger partial charge < -0.3 is 10.6 Å². The van der Waals surface area contributed by atoms with Gasteiger partial charge in [0.1, 0.15) is 0 Å². The number of alkyl halides is 3. The molecule has 2 amide bonds. The Bertz CT molecular complexity index is 666. The molecule has 0 aromatic heterocycles. The summed E-state index contributed by atoms with van der Waals surface area (Å²) in [5, 5.41) is -0.695. The maximum absolute atomic E-state index is 12.9. The molecule has 1 saturated heterocycles. The Balaban J connectivity index is 2.01. The zero-order chi connectivity index (χ0) is 19.5. The van der Waals surface area contributed by atoms with Crippen LogP contribution in [0.25, 0.3) is 0 Å². The second kappa shape index (κ2) is 8.33. The van der Waals surface area contributed by atoms with E-state index in [0.29, 0.717) is 25.1 Å². The normalized spacial score (nSPS) is 20.5. The molecule has 0 bridgehead atoms. The minimum Gasteiger partial charge on any atom is -0.369 e. The lowest BCUT2D eigenvalue weighted by Crippen LogP contribution is -2.46. The summed E-state index contributed by atoms with van der Waals surface area (Å²) in [5.74, 6) is -0.842. The molecule has 1 aromatic rings. The van der Waals surface area contributed by atoms with Crippen LogP contribution in [0.1, 0.15) is 43.1 Å². The number of hydrogen-bond donors (Lipinski definition) is 1. The first-order valence-corrected chi connectivity index (χ1v) is 9.44. The Kier molecular flexibility index (Phi) is 6.60. The Morgan fingerprint density at radius 1 is 1.31 bits per heavy atom. The molecule has 1 aliphatic rings. The van der Waals surface area contributed by atoms with Crippen LogP contribution in [0, 0.1) is 5.92 Å². The van der Waals surface area contributed by atoms with Crippen LogP contribution in [0.3, 0.4) is 0 Å². The van der Waals surface area contributed by atoms with Crippen molar-refractivity contribution in [2.24, 2.45) is 11.7 Å². The molecule has 0 saturated carbocycles. The topological polar surface area (TPSA) is 63.4 Å². The molecular weight excluding hydrogens is 365 g/mol. The number of carbonyl (C=O) groups excluding carboxylic acids is 2. The summed E-state index contributed by atoms with van der Waals surface area (Å²) in [6.07, 6.45) is -2.99. The maximum Gasteiger partial charge on any atom is 0.416 e. The SMILES string of the molecule is CC(SC(C)c1cccc(C(F)(F)F)c1)C(=O)N1CCCC(C(N)=O)C1. The van der Waals surface area contributed by atoms with Crippen LogP contribution in [-0.2, 0) is 15.8 Å². The van der Waals surface area contributed by atoms with E-state index >= 15 is 0 Å². The number of rotatable bonds is 5. The Labute approximate surface area is 155 Å². The molecule has 26 heavy (non-hydrogen) atoms. The van der Waals surface area contributed by atoms with Gasteiger partial charge in [0.15, 0.2) is 0 Å². The summed E-state index contributed by atoms with van der Waals surface area (Å²) < 4.78 is 38.6. The van der Waals surface area contributed by atoms with Crippen molar-refractivity contribution in [3.63, 3.8) is 0 Å². The van der Waals surface area contributed by atoms with E-state index in [1.165, 1.54) is 17.8 Å². The van der Waals surface area contributed by atoms with E-state index in [0.717, 1.165) is 18.6 Å². The van der Waals surface area contributed by atoms with Crippen molar-refractivity contribution in [2.75, 3.05) is 13.1 Å². The van der Waals surface area contributed by atoms with Crippen molar-refractivity contribution >= 4 is 23.6 Å². The second-order valence-corrected chi connectivity index (χ2v) is 8.26. The van der Waals surface area contributed by atoms with Crippen molar-refractivity contribution in [3.8, 4) is 0 Å². The third kappa shape index (κ3) is 5.16. The lowest BCUT2D eigenvalue weighted by Gasteiger charge is -2.33. The highest BCUT2D eigenvalue weighted by Crippen LogP contribution is 2.36. The molecule has 144 valence electrons. The summed E-state index contributed by atoms with van der Waals surface area (Å²) >= 11 is 1.31. The summed E-state index contributed by atoms with van der Waals surface area (Å²) in [6.45, 7) is 4.42. The predicted molar refractivity (Wildman–Crippen MR) is 95.4 cm³/mol. The average molecular weight is 388 g/mol. The van der Waals surface area contributed by atoms with Crippen LogP contribution in [0.15, 0.2) is 24.3 Å². The molecule has 1 aromatic carbocycles. The van der Waals surface area contributed by atoms with E-state index < -0.39 is 22.9 Å². The van der Waals surface area contributed by atoms with Crippen LogP contribution in [0.2, 0.25) is 0 Å². The molecular formula is C18H23F3N2O2S. The zero-order valence-electron chi connectivity index (χ0n) is 14.8. The minimum atomic E-state index is -4.39. The van der Waals surface area contributed by atoms with Gasteiger partial charge in [0.25, 0.3) is 0 Å².